The second-order valence-electron chi connectivity index (χ2n) is 6.25. The summed E-state index contributed by atoms with van der Waals surface area (Å²) in [5, 5.41) is 9.86. The van der Waals surface area contributed by atoms with Crippen molar-refractivity contribution in [1.82, 2.24) is 4.90 Å². The fourth-order valence-corrected chi connectivity index (χ4v) is 4.13. The third-order valence-corrected chi connectivity index (χ3v) is 5.45. The van der Waals surface area contributed by atoms with Crippen molar-refractivity contribution in [2.24, 2.45) is 5.41 Å². The van der Waals surface area contributed by atoms with Crippen LogP contribution in [0, 0.1) is 5.41 Å². The Kier molecular flexibility index (Phi) is 5.38. The summed E-state index contributed by atoms with van der Waals surface area (Å²) in [6.07, 6.45) is 0.728. The van der Waals surface area contributed by atoms with Crippen molar-refractivity contribution in [1.29, 1.82) is 0 Å². The first kappa shape index (κ1) is 16.8. The van der Waals surface area contributed by atoms with E-state index in [2.05, 4.69) is 52.9 Å². The number of carbonyl (C=O) groups is 1. The maximum absolute atomic E-state index is 11.3. The Morgan fingerprint density at radius 2 is 2.24 bits per heavy atom. The van der Waals surface area contributed by atoms with Gasteiger partial charge in [-0.2, -0.15) is 0 Å². The molecule has 1 N–H and O–H groups in total. The number of hydrogen-bond donors (Lipinski definition) is 1. The molecular formula is C16H22BrNO2S. The minimum absolute atomic E-state index is 0.529. The number of benzene rings is 1. The summed E-state index contributed by atoms with van der Waals surface area (Å²) in [6.45, 7) is 8.53. The third kappa shape index (κ3) is 4.24. The summed E-state index contributed by atoms with van der Waals surface area (Å²) in [7, 11) is 0. The third-order valence-electron chi connectivity index (χ3n) is 3.85. The van der Waals surface area contributed by atoms with Crippen LogP contribution >= 0.6 is 27.7 Å². The van der Waals surface area contributed by atoms with Gasteiger partial charge in [-0.25, -0.2) is 0 Å². The molecule has 5 heteroatoms. The molecule has 0 aromatic heterocycles. The summed E-state index contributed by atoms with van der Waals surface area (Å²) in [4.78, 5) is 14.9. The Bertz CT molecular complexity index is 535. The highest BCUT2D eigenvalue weighted by atomic mass is 79.9. The number of nitrogens with zero attached hydrogens (tertiary/aromatic N) is 1. The van der Waals surface area contributed by atoms with Gasteiger partial charge in [-0.3, -0.25) is 9.69 Å². The molecule has 21 heavy (non-hydrogen) atoms. The zero-order valence-corrected chi connectivity index (χ0v) is 15.1. The fraction of sp³-hybridized carbons (Fsp3) is 0.562. The lowest BCUT2D eigenvalue weighted by Crippen LogP contribution is -2.31. The van der Waals surface area contributed by atoms with Gasteiger partial charge in [-0.1, -0.05) is 35.8 Å². The average Bonchev–Trinajstić information content (AvgIpc) is 2.75. The molecule has 116 valence electrons. The maximum atomic E-state index is 11.3. The lowest BCUT2D eigenvalue weighted by molar-refractivity contribution is -0.147. The highest BCUT2D eigenvalue weighted by Crippen LogP contribution is 2.34. The molecule has 1 heterocycles. The number of thioether (sulfide) groups is 1. The van der Waals surface area contributed by atoms with Crippen LogP contribution in [0.1, 0.15) is 32.8 Å². The van der Waals surface area contributed by atoms with Gasteiger partial charge in [-0.15, -0.1) is 11.8 Å². The Balaban J connectivity index is 2.12. The lowest BCUT2D eigenvalue weighted by Gasteiger charge is -2.21. The van der Waals surface area contributed by atoms with Gasteiger partial charge in [-0.05, 0) is 37.6 Å². The van der Waals surface area contributed by atoms with E-state index in [-0.39, 0.29) is 0 Å². The number of aliphatic carboxylic acids is 1. The van der Waals surface area contributed by atoms with Gasteiger partial charge in [0, 0.05) is 27.7 Å². The number of rotatable bonds is 5. The lowest BCUT2D eigenvalue weighted by atomic mass is 9.90. The second kappa shape index (κ2) is 6.71. The van der Waals surface area contributed by atoms with Crippen molar-refractivity contribution in [3.8, 4) is 0 Å². The number of hydrogen-bond acceptors (Lipinski definition) is 3. The molecule has 0 radical (unpaired) electrons. The van der Waals surface area contributed by atoms with Gasteiger partial charge in [0.15, 0.2) is 0 Å². The monoisotopic (exact) mass is 371 g/mol. The highest BCUT2D eigenvalue weighted by molar-refractivity contribution is 9.10. The van der Waals surface area contributed by atoms with Crippen molar-refractivity contribution in [2.45, 2.75) is 43.9 Å². The predicted molar refractivity (Wildman–Crippen MR) is 90.8 cm³/mol. The topological polar surface area (TPSA) is 40.5 Å². The van der Waals surface area contributed by atoms with Gasteiger partial charge < -0.3 is 5.11 Å². The average molecular weight is 372 g/mol. The van der Waals surface area contributed by atoms with Crippen LogP contribution in [0.15, 0.2) is 27.6 Å². The van der Waals surface area contributed by atoms with Crippen LogP contribution in [0.2, 0.25) is 0 Å². The molecule has 1 fully saturated rings. The molecule has 0 bridgehead atoms. The normalized spacial score (nSPS) is 22.9. The molecule has 1 aromatic rings. The van der Waals surface area contributed by atoms with Crippen LogP contribution in [0.3, 0.4) is 0 Å². The maximum Gasteiger partial charge on any atom is 0.310 e. The zero-order valence-electron chi connectivity index (χ0n) is 12.7. The molecule has 0 spiro atoms. The number of likely N-dealkylation sites (tertiary alicyclic amines) is 1. The smallest absolute Gasteiger partial charge is 0.310 e. The van der Waals surface area contributed by atoms with Gasteiger partial charge in [0.25, 0.3) is 0 Å². The van der Waals surface area contributed by atoms with E-state index < -0.39 is 11.4 Å². The first-order valence-corrected chi connectivity index (χ1v) is 8.88. The van der Waals surface area contributed by atoms with Crippen LogP contribution in [-0.2, 0) is 11.3 Å². The van der Waals surface area contributed by atoms with Crippen LogP contribution in [0.25, 0.3) is 0 Å². The molecule has 1 aliphatic rings. The Morgan fingerprint density at radius 1 is 1.52 bits per heavy atom. The quantitative estimate of drug-likeness (QED) is 0.785. The van der Waals surface area contributed by atoms with E-state index in [1.54, 1.807) is 0 Å². The molecule has 1 aliphatic heterocycles. The van der Waals surface area contributed by atoms with Gasteiger partial charge in [0.1, 0.15) is 0 Å². The minimum Gasteiger partial charge on any atom is -0.481 e. The largest absolute Gasteiger partial charge is 0.481 e. The van der Waals surface area contributed by atoms with Crippen molar-refractivity contribution in [3.63, 3.8) is 0 Å². The molecule has 0 amide bonds. The first-order valence-electron chi connectivity index (χ1n) is 7.21. The number of carboxylic acid groups (broad SMARTS) is 1. The summed E-state index contributed by atoms with van der Waals surface area (Å²) >= 11 is 5.39. The minimum atomic E-state index is -0.683. The molecule has 3 nitrogen and oxygen atoms in total. The zero-order chi connectivity index (χ0) is 15.6. The van der Waals surface area contributed by atoms with E-state index in [9.17, 15) is 9.90 Å². The summed E-state index contributed by atoms with van der Waals surface area (Å²) in [5.41, 5.74) is 0.687. The Hall–Kier alpha value is -0.520. The number of halogens is 1. The molecule has 1 unspecified atom stereocenters. The molecule has 1 aromatic carbocycles. The fourth-order valence-electron chi connectivity index (χ4n) is 2.63. The van der Waals surface area contributed by atoms with E-state index in [0.717, 1.165) is 24.0 Å². The summed E-state index contributed by atoms with van der Waals surface area (Å²) in [6, 6.07) is 6.36. The van der Waals surface area contributed by atoms with E-state index >= 15 is 0 Å². The molecular weight excluding hydrogens is 350 g/mol. The van der Waals surface area contributed by atoms with Crippen LogP contribution in [-0.4, -0.2) is 34.3 Å². The Morgan fingerprint density at radius 3 is 2.81 bits per heavy atom. The standard InChI is InChI=1S/C16H22BrNO2S/c1-11(2)21-14-8-13(17)5-4-12(14)9-18-7-6-16(3,10-18)15(19)20/h4-5,8,11H,6-7,9-10H2,1-3H3,(H,19,20). The van der Waals surface area contributed by atoms with E-state index in [1.807, 2.05) is 18.7 Å². The SMILES string of the molecule is CC(C)Sc1cc(Br)ccc1CN1CCC(C)(C(=O)O)C1. The van der Waals surface area contributed by atoms with E-state index in [0.29, 0.717) is 11.8 Å². The Labute approximate surface area is 139 Å². The molecule has 1 saturated heterocycles. The van der Waals surface area contributed by atoms with Gasteiger partial charge in [0.2, 0.25) is 0 Å². The van der Waals surface area contributed by atoms with Crippen LogP contribution in [0.5, 0.6) is 0 Å². The summed E-state index contributed by atoms with van der Waals surface area (Å²) < 4.78 is 1.09. The summed E-state index contributed by atoms with van der Waals surface area (Å²) in [5.74, 6) is -0.683. The molecule has 0 saturated carbocycles. The number of carboxylic acids is 1. The van der Waals surface area contributed by atoms with Crippen LogP contribution < -0.4 is 0 Å². The van der Waals surface area contributed by atoms with Crippen molar-refractivity contribution < 1.29 is 9.90 Å². The molecule has 2 rings (SSSR count). The molecule has 0 aliphatic carbocycles. The highest BCUT2D eigenvalue weighted by Gasteiger charge is 2.40. The molecule has 1 atom stereocenters. The van der Waals surface area contributed by atoms with E-state index in [4.69, 9.17) is 0 Å². The van der Waals surface area contributed by atoms with Gasteiger partial charge in [0.05, 0.1) is 5.41 Å². The first-order chi connectivity index (χ1) is 9.80. The predicted octanol–water partition coefficient (Wildman–Crippen LogP) is 4.25. The van der Waals surface area contributed by atoms with Crippen molar-refractivity contribution >= 4 is 33.7 Å². The van der Waals surface area contributed by atoms with Crippen molar-refractivity contribution in [2.75, 3.05) is 13.1 Å². The van der Waals surface area contributed by atoms with Crippen LogP contribution in [0.4, 0.5) is 0 Å². The van der Waals surface area contributed by atoms with Crippen molar-refractivity contribution in [3.05, 3.63) is 28.2 Å². The van der Waals surface area contributed by atoms with E-state index in [1.165, 1.54) is 10.5 Å². The second-order valence-corrected chi connectivity index (χ2v) is 8.78. The van der Waals surface area contributed by atoms with Gasteiger partial charge >= 0.3 is 5.97 Å².